The normalized spacial score (nSPS) is 11.2. The second-order valence-corrected chi connectivity index (χ2v) is 8.80. The summed E-state index contributed by atoms with van der Waals surface area (Å²) in [7, 11) is 3.22. The van der Waals surface area contributed by atoms with Crippen LogP contribution in [0.15, 0.2) is 40.7 Å². The Morgan fingerprint density at radius 3 is 2.74 bits per heavy atom. The molecule has 3 aromatic heterocycles. The number of rotatable bonds is 9. The van der Waals surface area contributed by atoms with Crippen molar-refractivity contribution in [2.45, 2.75) is 24.8 Å². The lowest BCUT2D eigenvalue weighted by molar-refractivity contribution is -0.118. The summed E-state index contributed by atoms with van der Waals surface area (Å²) in [6.45, 7) is 2.62. The molecule has 162 valence electrons. The number of methoxy groups -OCH3 is 2. The zero-order chi connectivity index (χ0) is 21.8. The molecular weight excluding hydrogens is 432 g/mol. The van der Waals surface area contributed by atoms with Crippen LogP contribution in [0.2, 0.25) is 0 Å². The number of thioether (sulfide) groups is 1. The molecule has 1 aromatic carbocycles. The molecule has 0 fully saturated rings. The number of fused-ring (bicyclic) bond motifs is 3. The van der Waals surface area contributed by atoms with Crippen LogP contribution in [0.4, 0.5) is 0 Å². The van der Waals surface area contributed by atoms with Gasteiger partial charge in [0, 0.05) is 13.0 Å². The molecular formula is C22H24N4O3S2. The summed E-state index contributed by atoms with van der Waals surface area (Å²) in [6, 6.07) is 10.0. The molecule has 31 heavy (non-hydrogen) atoms. The van der Waals surface area contributed by atoms with Gasteiger partial charge < -0.3 is 14.8 Å². The van der Waals surface area contributed by atoms with Gasteiger partial charge in [0.05, 0.1) is 35.7 Å². The quantitative estimate of drug-likeness (QED) is 0.384. The average Bonchev–Trinajstić information content (AvgIpc) is 3.39. The van der Waals surface area contributed by atoms with Crippen LogP contribution in [-0.2, 0) is 17.6 Å². The second kappa shape index (κ2) is 9.57. The lowest BCUT2D eigenvalue weighted by Gasteiger charge is -2.10. The Kier molecular flexibility index (Phi) is 6.62. The molecule has 0 saturated heterocycles. The van der Waals surface area contributed by atoms with Crippen molar-refractivity contribution in [3.63, 3.8) is 0 Å². The van der Waals surface area contributed by atoms with Gasteiger partial charge in [0.25, 0.3) is 0 Å². The highest BCUT2D eigenvalue weighted by Crippen LogP contribution is 2.31. The van der Waals surface area contributed by atoms with Gasteiger partial charge in [0.2, 0.25) is 5.91 Å². The first-order chi connectivity index (χ1) is 15.1. The molecule has 0 saturated carbocycles. The second-order valence-electron chi connectivity index (χ2n) is 6.89. The van der Waals surface area contributed by atoms with E-state index < -0.39 is 0 Å². The summed E-state index contributed by atoms with van der Waals surface area (Å²) in [5, 5.41) is 14.6. The Morgan fingerprint density at radius 2 is 1.97 bits per heavy atom. The highest BCUT2D eigenvalue weighted by molar-refractivity contribution is 8.00. The van der Waals surface area contributed by atoms with Crippen molar-refractivity contribution in [3.05, 3.63) is 47.1 Å². The first-order valence-electron chi connectivity index (χ1n) is 9.99. The minimum Gasteiger partial charge on any atom is -0.493 e. The van der Waals surface area contributed by atoms with Crippen LogP contribution >= 0.6 is 23.1 Å². The number of hydrogen-bond donors (Lipinski definition) is 1. The summed E-state index contributed by atoms with van der Waals surface area (Å²) >= 11 is 3.11. The van der Waals surface area contributed by atoms with Crippen molar-refractivity contribution in [1.82, 2.24) is 19.9 Å². The number of carbonyl (C=O) groups excluding carboxylic acids is 1. The van der Waals surface area contributed by atoms with Crippen LogP contribution in [0.1, 0.15) is 18.3 Å². The zero-order valence-corrected chi connectivity index (χ0v) is 19.3. The third-order valence-electron chi connectivity index (χ3n) is 5.00. The van der Waals surface area contributed by atoms with Crippen LogP contribution in [0.25, 0.3) is 15.7 Å². The van der Waals surface area contributed by atoms with Crippen molar-refractivity contribution in [2.24, 2.45) is 0 Å². The third-order valence-corrected chi connectivity index (χ3v) is 6.82. The predicted octanol–water partition coefficient (Wildman–Crippen LogP) is 3.97. The van der Waals surface area contributed by atoms with Crippen LogP contribution in [0.5, 0.6) is 11.5 Å². The Bertz CT molecular complexity index is 1220. The predicted molar refractivity (Wildman–Crippen MR) is 125 cm³/mol. The Morgan fingerprint density at radius 1 is 1.13 bits per heavy atom. The first-order valence-corrected chi connectivity index (χ1v) is 11.9. The SMILES string of the molecule is CCc1nnc(SCC(=O)NCCc2ccc(OC)c(OC)c2)c2cc3sccc3n12. The van der Waals surface area contributed by atoms with Gasteiger partial charge in [-0.15, -0.1) is 21.5 Å². The summed E-state index contributed by atoms with van der Waals surface area (Å²) in [5.41, 5.74) is 3.23. The monoisotopic (exact) mass is 456 g/mol. The smallest absolute Gasteiger partial charge is 0.230 e. The standard InChI is InChI=1S/C22H24N4O3S2/c1-4-20-24-25-22(16-12-19-15(26(16)20)8-10-30-19)31-13-21(27)23-9-7-14-5-6-17(28-2)18(11-14)29-3/h5-6,8,10-12H,4,7,9,13H2,1-3H3,(H,23,27). The van der Waals surface area contributed by atoms with E-state index in [4.69, 9.17) is 9.47 Å². The van der Waals surface area contributed by atoms with Gasteiger partial charge in [-0.3, -0.25) is 9.20 Å². The molecule has 0 unspecified atom stereocenters. The van der Waals surface area contributed by atoms with E-state index in [0.29, 0.717) is 30.2 Å². The van der Waals surface area contributed by atoms with Crippen molar-refractivity contribution in [3.8, 4) is 11.5 Å². The maximum absolute atomic E-state index is 12.4. The van der Waals surface area contributed by atoms with Gasteiger partial charge in [-0.25, -0.2) is 0 Å². The van der Waals surface area contributed by atoms with E-state index in [-0.39, 0.29) is 5.91 Å². The number of thiophene rings is 1. The fraction of sp³-hybridized carbons (Fsp3) is 0.318. The van der Waals surface area contributed by atoms with Crippen molar-refractivity contribution < 1.29 is 14.3 Å². The highest BCUT2D eigenvalue weighted by Gasteiger charge is 2.15. The molecule has 3 heterocycles. The summed E-state index contributed by atoms with van der Waals surface area (Å²) < 4.78 is 13.9. The highest BCUT2D eigenvalue weighted by atomic mass is 32.2. The maximum Gasteiger partial charge on any atom is 0.230 e. The maximum atomic E-state index is 12.4. The van der Waals surface area contributed by atoms with Gasteiger partial charge in [-0.05, 0) is 41.6 Å². The summed E-state index contributed by atoms with van der Waals surface area (Å²) in [4.78, 5) is 12.4. The molecule has 1 amide bonds. The molecule has 4 rings (SSSR count). The Labute approximate surface area is 188 Å². The van der Waals surface area contributed by atoms with E-state index in [1.54, 1.807) is 25.6 Å². The molecule has 0 aliphatic carbocycles. The number of nitrogens with one attached hydrogen (secondary N) is 1. The molecule has 9 heteroatoms. The molecule has 0 bridgehead atoms. The Hall–Kier alpha value is -2.78. The van der Waals surface area contributed by atoms with Crippen molar-refractivity contribution in [2.75, 3.05) is 26.5 Å². The number of amides is 1. The lowest BCUT2D eigenvalue weighted by atomic mass is 10.1. The zero-order valence-electron chi connectivity index (χ0n) is 17.7. The minimum atomic E-state index is -0.0293. The number of aryl methyl sites for hydroxylation is 1. The first kappa shape index (κ1) is 21.5. The van der Waals surface area contributed by atoms with E-state index in [2.05, 4.69) is 44.4 Å². The molecule has 0 aliphatic rings. The summed E-state index contributed by atoms with van der Waals surface area (Å²) in [5.74, 6) is 2.57. The number of hydrogen-bond acceptors (Lipinski definition) is 7. The largest absolute Gasteiger partial charge is 0.493 e. The van der Waals surface area contributed by atoms with E-state index in [1.807, 2.05) is 18.2 Å². The number of carbonyl (C=O) groups is 1. The molecule has 0 radical (unpaired) electrons. The fourth-order valence-corrected chi connectivity index (χ4v) is 5.03. The van der Waals surface area contributed by atoms with Gasteiger partial charge in [-0.2, -0.15) is 0 Å². The van der Waals surface area contributed by atoms with Crippen LogP contribution in [0.3, 0.4) is 0 Å². The molecule has 7 nitrogen and oxygen atoms in total. The molecule has 0 atom stereocenters. The number of benzene rings is 1. The van der Waals surface area contributed by atoms with Crippen LogP contribution < -0.4 is 14.8 Å². The summed E-state index contributed by atoms with van der Waals surface area (Å²) in [6.07, 6.45) is 1.51. The van der Waals surface area contributed by atoms with Gasteiger partial charge >= 0.3 is 0 Å². The molecule has 4 aromatic rings. The van der Waals surface area contributed by atoms with Crippen LogP contribution in [-0.4, -0.2) is 47.0 Å². The van der Waals surface area contributed by atoms with Crippen LogP contribution in [0, 0.1) is 0 Å². The average molecular weight is 457 g/mol. The molecule has 1 N–H and O–H groups in total. The minimum absolute atomic E-state index is 0.0293. The number of aromatic nitrogens is 3. The Balaban J connectivity index is 1.37. The van der Waals surface area contributed by atoms with Crippen molar-refractivity contribution >= 4 is 44.7 Å². The fourth-order valence-electron chi connectivity index (χ4n) is 3.46. The third kappa shape index (κ3) is 4.47. The van der Waals surface area contributed by atoms with Gasteiger partial charge in [-0.1, -0.05) is 24.8 Å². The number of ether oxygens (including phenoxy) is 2. The van der Waals surface area contributed by atoms with E-state index >= 15 is 0 Å². The molecule has 0 spiro atoms. The number of nitrogens with zero attached hydrogens (tertiary/aromatic N) is 3. The van der Waals surface area contributed by atoms with Crippen molar-refractivity contribution in [1.29, 1.82) is 0 Å². The van der Waals surface area contributed by atoms with E-state index in [1.165, 1.54) is 16.5 Å². The van der Waals surface area contributed by atoms with Gasteiger partial charge in [0.1, 0.15) is 10.9 Å². The molecule has 0 aliphatic heterocycles. The lowest BCUT2D eigenvalue weighted by Crippen LogP contribution is -2.27. The van der Waals surface area contributed by atoms with E-state index in [0.717, 1.165) is 33.9 Å². The van der Waals surface area contributed by atoms with Gasteiger partial charge in [0.15, 0.2) is 11.5 Å². The topological polar surface area (TPSA) is 77.8 Å². The van der Waals surface area contributed by atoms with E-state index in [9.17, 15) is 4.79 Å².